The third-order valence-corrected chi connectivity index (χ3v) is 4.07. The van der Waals surface area contributed by atoms with Gasteiger partial charge in [0.2, 0.25) is 0 Å². The van der Waals surface area contributed by atoms with Gasteiger partial charge in [0.25, 0.3) is 0 Å². The molecule has 2 atom stereocenters. The van der Waals surface area contributed by atoms with Crippen LogP contribution in [0.2, 0.25) is 0 Å². The molecule has 0 fully saturated rings. The Morgan fingerprint density at radius 3 is 2.67 bits per heavy atom. The topological polar surface area (TPSA) is 32.3 Å². The van der Waals surface area contributed by atoms with Gasteiger partial charge in [0, 0.05) is 22.1 Å². The van der Waals surface area contributed by atoms with Crippen molar-refractivity contribution in [3.8, 4) is 5.75 Å². The van der Waals surface area contributed by atoms with E-state index in [1.54, 1.807) is 12.1 Å². The predicted molar refractivity (Wildman–Crippen MR) is 86.8 cm³/mol. The van der Waals surface area contributed by atoms with Gasteiger partial charge in [-0.05, 0) is 49.2 Å². The quantitative estimate of drug-likeness (QED) is 0.785. The number of aromatic hydroxyl groups is 1. The fourth-order valence-corrected chi connectivity index (χ4v) is 2.78. The van der Waals surface area contributed by atoms with Crippen molar-refractivity contribution in [2.24, 2.45) is 0 Å². The summed E-state index contributed by atoms with van der Waals surface area (Å²) in [7, 11) is 0. The van der Waals surface area contributed by atoms with E-state index in [1.165, 1.54) is 12.1 Å². The van der Waals surface area contributed by atoms with Gasteiger partial charge in [-0.3, -0.25) is 0 Å². The normalized spacial score (nSPS) is 13.9. The van der Waals surface area contributed by atoms with Crippen LogP contribution in [-0.4, -0.2) is 5.11 Å². The molecule has 0 aromatic heterocycles. The summed E-state index contributed by atoms with van der Waals surface area (Å²) in [5.41, 5.74) is 1.73. The number of hydrogen-bond acceptors (Lipinski definition) is 2. The van der Waals surface area contributed by atoms with E-state index in [2.05, 4.69) is 28.2 Å². The van der Waals surface area contributed by atoms with E-state index >= 15 is 0 Å². The summed E-state index contributed by atoms with van der Waals surface area (Å²) in [6, 6.07) is 12.0. The zero-order chi connectivity index (χ0) is 15.4. The third kappa shape index (κ3) is 4.05. The first-order chi connectivity index (χ1) is 10.0. The molecule has 0 aliphatic heterocycles. The van der Waals surface area contributed by atoms with Gasteiger partial charge in [-0.1, -0.05) is 35.0 Å². The number of halogens is 2. The molecule has 0 radical (unpaired) electrons. The minimum atomic E-state index is -0.237. The van der Waals surface area contributed by atoms with Crippen molar-refractivity contribution in [1.82, 2.24) is 5.32 Å². The number of phenolic OH excluding ortho intramolecular Hbond substituents is 1. The Bertz CT molecular complexity index is 617. The Hall–Kier alpha value is -1.39. The Balaban J connectivity index is 2.20. The molecule has 0 spiro atoms. The van der Waals surface area contributed by atoms with Crippen LogP contribution in [0.1, 0.15) is 43.5 Å². The summed E-state index contributed by atoms with van der Waals surface area (Å²) in [5.74, 6) is 0.0310. The number of phenols is 1. The molecule has 2 aromatic rings. The summed E-state index contributed by atoms with van der Waals surface area (Å²) in [5, 5.41) is 13.5. The van der Waals surface area contributed by atoms with Crippen molar-refractivity contribution in [3.05, 3.63) is 63.9 Å². The first-order valence-corrected chi connectivity index (χ1v) is 7.80. The summed E-state index contributed by atoms with van der Waals surface area (Å²) in [4.78, 5) is 0. The lowest BCUT2D eigenvalue weighted by Gasteiger charge is -2.24. The molecule has 112 valence electrons. The van der Waals surface area contributed by atoms with Crippen molar-refractivity contribution in [2.45, 2.75) is 32.4 Å². The zero-order valence-electron chi connectivity index (χ0n) is 12.1. The molecule has 2 unspecified atom stereocenters. The number of rotatable bonds is 5. The lowest BCUT2D eigenvalue weighted by atomic mass is 10.0. The molecular weight excluding hydrogens is 333 g/mol. The molecular formula is C17H19BrFNO. The van der Waals surface area contributed by atoms with Crippen LogP contribution in [0.4, 0.5) is 4.39 Å². The molecule has 2 rings (SSSR count). The molecule has 0 amide bonds. The second-order valence-electron chi connectivity index (χ2n) is 5.11. The molecule has 2 nitrogen and oxygen atoms in total. The summed E-state index contributed by atoms with van der Waals surface area (Å²) in [6.45, 7) is 4.04. The smallest absolute Gasteiger partial charge is 0.123 e. The monoisotopic (exact) mass is 351 g/mol. The fraction of sp³-hybridized carbons (Fsp3) is 0.294. The van der Waals surface area contributed by atoms with Crippen LogP contribution in [0, 0.1) is 5.82 Å². The summed E-state index contributed by atoms with van der Waals surface area (Å²) < 4.78 is 14.2. The van der Waals surface area contributed by atoms with Gasteiger partial charge in [0.15, 0.2) is 0 Å². The van der Waals surface area contributed by atoms with E-state index in [9.17, 15) is 9.50 Å². The van der Waals surface area contributed by atoms with Gasteiger partial charge < -0.3 is 10.4 Å². The lowest BCUT2D eigenvalue weighted by molar-refractivity contribution is 0.418. The van der Waals surface area contributed by atoms with Crippen LogP contribution in [-0.2, 0) is 0 Å². The van der Waals surface area contributed by atoms with E-state index in [-0.39, 0.29) is 23.7 Å². The average Bonchev–Trinajstić information content (AvgIpc) is 2.47. The van der Waals surface area contributed by atoms with Crippen LogP contribution in [0.15, 0.2) is 46.9 Å². The first kappa shape index (κ1) is 16.0. The molecule has 0 aliphatic carbocycles. The molecule has 4 heteroatoms. The second-order valence-corrected chi connectivity index (χ2v) is 6.02. The largest absolute Gasteiger partial charge is 0.508 e. The van der Waals surface area contributed by atoms with Gasteiger partial charge >= 0.3 is 0 Å². The van der Waals surface area contributed by atoms with E-state index in [1.807, 2.05) is 25.1 Å². The van der Waals surface area contributed by atoms with Crippen molar-refractivity contribution in [2.75, 3.05) is 0 Å². The lowest BCUT2D eigenvalue weighted by Crippen LogP contribution is -2.24. The minimum absolute atomic E-state index is 0.000711. The van der Waals surface area contributed by atoms with Gasteiger partial charge in [-0.15, -0.1) is 0 Å². The highest BCUT2D eigenvalue weighted by atomic mass is 79.9. The zero-order valence-corrected chi connectivity index (χ0v) is 13.7. The van der Waals surface area contributed by atoms with Crippen LogP contribution < -0.4 is 5.32 Å². The van der Waals surface area contributed by atoms with Crippen molar-refractivity contribution < 1.29 is 9.50 Å². The highest BCUT2D eigenvalue weighted by Gasteiger charge is 2.17. The highest BCUT2D eigenvalue weighted by molar-refractivity contribution is 9.10. The minimum Gasteiger partial charge on any atom is -0.508 e. The van der Waals surface area contributed by atoms with E-state index in [0.717, 1.165) is 22.0 Å². The molecule has 0 aliphatic rings. The van der Waals surface area contributed by atoms with E-state index in [0.29, 0.717) is 0 Å². The SMILES string of the molecule is CCC(NC(C)c1cccc(F)c1)c1cc(Br)ccc1O. The van der Waals surface area contributed by atoms with Crippen LogP contribution in [0.25, 0.3) is 0 Å². The predicted octanol–water partition coefficient (Wildman–Crippen LogP) is 5.10. The Labute approximate surface area is 133 Å². The summed E-state index contributed by atoms with van der Waals surface area (Å²) in [6.07, 6.45) is 0.823. The van der Waals surface area contributed by atoms with Crippen LogP contribution >= 0.6 is 15.9 Å². The van der Waals surface area contributed by atoms with Crippen molar-refractivity contribution in [1.29, 1.82) is 0 Å². The molecule has 2 N–H and O–H groups in total. The maximum atomic E-state index is 13.3. The number of benzene rings is 2. The molecule has 0 saturated heterocycles. The van der Waals surface area contributed by atoms with Crippen molar-refractivity contribution in [3.63, 3.8) is 0 Å². The second kappa shape index (κ2) is 7.05. The van der Waals surface area contributed by atoms with Crippen LogP contribution in [0.3, 0.4) is 0 Å². The van der Waals surface area contributed by atoms with E-state index < -0.39 is 0 Å². The van der Waals surface area contributed by atoms with Crippen molar-refractivity contribution >= 4 is 15.9 Å². The van der Waals surface area contributed by atoms with Crippen LogP contribution in [0.5, 0.6) is 5.75 Å². The Morgan fingerprint density at radius 2 is 2.00 bits per heavy atom. The van der Waals surface area contributed by atoms with Gasteiger partial charge in [-0.25, -0.2) is 4.39 Å². The molecule has 0 bridgehead atoms. The fourth-order valence-electron chi connectivity index (χ4n) is 2.41. The van der Waals surface area contributed by atoms with Gasteiger partial charge in [-0.2, -0.15) is 0 Å². The van der Waals surface area contributed by atoms with E-state index in [4.69, 9.17) is 0 Å². The third-order valence-electron chi connectivity index (χ3n) is 3.57. The maximum absolute atomic E-state index is 13.3. The number of hydrogen-bond donors (Lipinski definition) is 2. The van der Waals surface area contributed by atoms with Gasteiger partial charge in [0.05, 0.1) is 0 Å². The molecule has 2 aromatic carbocycles. The Kier molecular flexibility index (Phi) is 5.37. The maximum Gasteiger partial charge on any atom is 0.123 e. The van der Waals surface area contributed by atoms with Gasteiger partial charge in [0.1, 0.15) is 11.6 Å². The first-order valence-electron chi connectivity index (χ1n) is 7.01. The highest BCUT2D eigenvalue weighted by Crippen LogP contribution is 2.31. The molecule has 0 saturated carbocycles. The number of nitrogens with one attached hydrogen (secondary N) is 1. The summed E-state index contributed by atoms with van der Waals surface area (Å²) >= 11 is 3.43. The average molecular weight is 352 g/mol. The molecule has 21 heavy (non-hydrogen) atoms. The molecule has 0 heterocycles. The standard InChI is InChI=1S/C17H19BrFNO/c1-3-16(15-10-13(18)7-8-17(15)21)20-11(2)12-5-4-6-14(19)9-12/h4-11,16,20-21H,3H2,1-2H3. The Morgan fingerprint density at radius 1 is 1.24 bits per heavy atom.